The Kier molecular flexibility index (Phi) is 3.83. The van der Waals surface area contributed by atoms with Gasteiger partial charge in [-0.05, 0) is 45.7 Å². The Morgan fingerprint density at radius 3 is 2.71 bits per heavy atom. The first-order chi connectivity index (χ1) is 8.13. The lowest BCUT2D eigenvalue weighted by atomic mass is 10.0. The smallest absolute Gasteiger partial charge is 0.193 e. The third-order valence-electron chi connectivity index (χ3n) is 2.34. The molecule has 2 aromatic rings. The lowest BCUT2D eigenvalue weighted by molar-refractivity contribution is 0.442. The lowest BCUT2D eigenvalue weighted by Crippen LogP contribution is -2.29. The summed E-state index contributed by atoms with van der Waals surface area (Å²) in [5.41, 5.74) is 2.89. The van der Waals surface area contributed by atoms with Gasteiger partial charge in [-0.15, -0.1) is 0 Å². The number of rotatable bonds is 3. The predicted octanol–water partition coefficient (Wildman–Crippen LogP) is 3.39. The molecule has 1 heterocycles. The van der Waals surface area contributed by atoms with Crippen molar-refractivity contribution < 1.29 is 8.81 Å². The van der Waals surface area contributed by atoms with Gasteiger partial charge in [-0.25, -0.2) is 9.82 Å². The molecule has 0 bridgehead atoms. The Morgan fingerprint density at radius 2 is 2.12 bits per heavy atom. The van der Waals surface area contributed by atoms with Gasteiger partial charge in [-0.2, -0.15) is 0 Å². The minimum Gasteiger partial charge on any atom is -0.448 e. The highest BCUT2D eigenvalue weighted by molar-refractivity contribution is 9.10. The predicted molar refractivity (Wildman–Crippen MR) is 67.0 cm³/mol. The Hall–Kier alpha value is -0.880. The number of hydrogen-bond acceptors (Lipinski definition) is 3. The summed E-state index contributed by atoms with van der Waals surface area (Å²) in [4.78, 5) is 0. The normalized spacial score (nSPS) is 12.7. The van der Waals surface area contributed by atoms with Crippen molar-refractivity contribution in [1.29, 1.82) is 0 Å². The fourth-order valence-corrected chi connectivity index (χ4v) is 2.09. The number of nitrogens with one attached hydrogen (secondary N) is 1. The zero-order valence-electron chi connectivity index (χ0n) is 8.58. The molecular weight excluding hydrogens is 310 g/mol. The molecule has 3 nitrogen and oxygen atoms in total. The van der Waals surface area contributed by atoms with E-state index in [0.717, 1.165) is 0 Å². The van der Waals surface area contributed by atoms with Gasteiger partial charge >= 0.3 is 0 Å². The largest absolute Gasteiger partial charge is 0.448 e. The first-order valence-electron chi connectivity index (χ1n) is 4.78. The molecule has 0 radical (unpaired) electrons. The van der Waals surface area contributed by atoms with Gasteiger partial charge in [0.15, 0.2) is 5.22 Å². The van der Waals surface area contributed by atoms with Gasteiger partial charge in [0.2, 0.25) is 0 Å². The minimum absolute atomic E-state index is 0.232. The molecular formula is C11H9BrClFN2O. The first-order valence-corrected chi connectivity index (χ1v) is 5.96. The zero-order chi connectivity index (χ0) is 12.4. The van der Waals surface area contributed by atoms with E-state index in [-0.39, 0.29) is 11.0 Å². The van der Waals surface area contributed by atoms with Crippen LogP contribution in [0.25, 0.3) is 0 Å². The van der Waals surface area contributed by atoms with E-state index in [9.17, 15) is 4.39 Å². The summed E-state index contributed by atoms with van der Waals surface area (Å²) in [5, 5.41) is 0.232. The number of benzene rings is 1. The highest BCUT2D eigenvalue weighted by atomic mass is 79.9. The van der Waals surface area contributed by atoms with Gasteiger partial charge in [0.05, 0.1) is 4.47 Å². The van der Waals surface area contributed by atoms with Crippen LogP contribution in [0.5, 0.6) is 0 Å². The highest BCUT2D eigenvalue weighted by Crippen LogP contribution is 2.29. The summed E-state index contributed by atoms with van der Waals surface area (Å²) in [7, 11) is 0. The SMILES string of the molecule is NNC(c1ccc(Cl)o1)c1cccc(Br)c1F. The molecule has 1 aromatic heterocycles. The van der Waals surface area contributed by atoms with E-state index in [1.807, 2.05) is 0 Å². The van der Waals surface area contributed by atoms with E-state index >= 15 is 0 Å². The summed E-state index contributed by atoms with van der Waals surface area (Å²) in [6, 6.07) is 7.60. The van der Waals surface area contributed by atoms with Gasteiger partial charge in [-0.1, -0.05) is 12.1 Å². The van der Waals surface area contributed by atoms with Crippen molar-refractivity contribution in [1.82, 2.24) is 5.43 Å². The van der Waals surface area contributed by atoms with Crippen LogP contribution in [0.4, 0.5) is 4.39 Å². The van der Waals surface area contributed by atoms with Crippen LogP contribution in [-0.4, -0.2) is 0 Å². The molecule has 0 saturated heterocycles. The van der Waals surface area contributed by atoms with Gasteiger partial charge < -0.3 is 4.42 Å². The molecule has 1 unspecified atom stereocenters. The van der Waals surface area contributed by atoms with Crippen molar-refractivity contribution in [2.45, 2.75) is 6.04 Å². The molecule has 6 heteroatoms. The molecule has 0 saturated carbocycles. The standard InChI is InChI=1S/C11H9BrClFN2O/c12-7-3-1-2-6(10(7)14)11(16-15)8-4-5-9(13)17-8/h1-5,11,16H,15H2. The summed E-state index contributed by atoms with van der Waals surface area (Å²) in [6.45, 7) is 0. The average Bonchev–Trinajstić information content (AvgIpc) is 2.72. The monoisotopic (exact) mass is 318 g/mol. The molecule has 1 atom stereocenters. The number of halogens is 3. The Morgan fingerprint density at radius 1 is 1.35 bits per heavy atom. The van der Waals surface area contributed by atoms with Gasteiger partial charge in [0.1, 0.15) is 17.6 Å². The summed E-state index contributed by atoms with van der Waals surface area (Å²) in [6.07, 6.45) is 0. The van der Waals surface area contributed by atoms with E-state index in [1.165, 1.54) is 0 Å². The van der Waals surface area contributed by atoms with Crippen LogP contribution in [0, 0.1) is 5.82 Å². The van der Waals surface area contributed by atoms with Crippen molar-refractivity contribution >= 4 is 27.5 Å². The highest BCUT2D eigenvalue weighted by Gasteiger charge is 2.20. The van der Waals surface area contributed by atoms with Crippen molar-refractivity contribution in [2.24, 2.45) is 5.84 Å². The quantitative estimate of drug-likeness (QED) is 0.673. The molecule has 17 heavy (non-hydrogen) atoms. The number of hydrazine groups is 1. The first kappa shape index (κ1) is 12.6. The molecule has 0 spiro atoms. The van der Waals surface area contributed by atoms with Crippen molar-refractivity contribution in [3.8, 4) is 0 Å². The second-order valence-corrected chi connectivity index (χ2v) is 4.61. The second-order valence-electron chi connectivity index (χ2n) is 3.38. The summed E-state index contributed by atoms with van der Waals surface area (Å²) < 4.78 is 19.5. The molecule has 0 fully saturated rings. The van der Waals surface area contributed by atoms with Crippen LogP contribution in [0.15, 0.2) is 39.2 Å². The third-order valence-corrected chi connectivity index (χ3v) is 3.15. The van der Waals surface area contributed by atoms with Gasteiger partial charge in [0, 0.05) is 5.56 Å². The Labute approximate surface area is 111 Å². The maximum atomic E-state index is 13.9. The maximum Gasteiger partial charge on any atom is 0.193 e. The fraction of sp³-hybridized carbons (Fsp3) is 0.0909. The van der Waals surface area contributed by atoms with Gasteiger partial charge in [-0.3, -0.25) is 5.84 Å². The van der Waals surface area contributed by atoms with Crippen LogP contribution in [0.3, 0.4) is 0 Å². The molecule has 90 valence electrons. The molecule has 0 amide bonds. The maximum absolute atomic E-state index is 13.9. The fourth-order valence-electron chi connectivity index (χ4n) is 1.55. The van der Waals surface area contributed by atoms with E-state index in [0.29, 0.717) is 15.8 Å². The van der Waals surface area contributed by atoms with Crippen molar-refractivity contribution in [3.05, 3.63) is 57.2 Å². The van der Waals surface area contributed by atoms with Crippen LogP contribution in [0.1, 0.15) is 17.4 Å². The van der Waals surface area contributed by atoms with Crippen LogP contribution >= 0.6 is 27.5 Å². The molecule has 0 aliphatic heterocycles. The molecule has 0 aliphatic carbocycles. The van der Waals surface area contributed by atoms with Crippen LogP contribution < -0.4 is 11.3 Å². The number of nitrogens with two attached hydrogens (primary N) is 1. The van der Waals surface area contributed by atoms with E-state index in [4.69, 9.17) is 21.9 Å². The zero-order valence-corrected chi connectivity index (χ0v) is 10.9. The van der Waals surface area contributed by atoms with Crippen LogP contribution in [-0.2, 0) is 0 Å². The molecule has 1 aromatic carbocycles. The molecule has 0 aliphatic rings. The topological polar surface area (TPSA) is 51.2 Å². The second kappa shape index (κ2) is 5.18. The lowest BCUT2D eigenvalue weighted by Gasteiger charge is -2.15. The third kappa shape index (κ3) is 2.52. The van der Waals surface area contributed by atoms with E-state index in [2.05, 4.69) is 21.4 Å². The average molecular weight is 320 g/mol. The Bertz CT molecular complexity index is 532. The van der Waals surface area contributed by atoms with Crippen molar-refractivity contribution in [2.75, 3.05) is 0 Å². The molecule has 2 rings (SSSR count). The molecule has 3 N–H and O–H groups in total. The van der Waals surface area contributed by atoms with Crippen molar-refractivity contribution in [3.63, 3.8) is 0 Å². The van der Waals surface area contributed by atoms with Gasteiger partial charge in [0.25, 0.3) is 0 Å². The number of furan rings is 1. The summed E-state index contributed by atoms with van der Waals surface area (Å²) >= 11 is 8.80. The van der Waals surface area contributed by atoms with E-state index < -0.39 is 6.04 Å². The minimum atomic E-state index is -0.583. The Balaban J connectivity index is 2.45. The van der Waals surface area contributed by atoms with Crippen LogP contribution in [0.2, 0.25) is 5.22 Å². The number of hydrogen-bond donors (Lipinski definition) is 2. The summed E-state index contributed by atoms with van der Waals surface area (Å²) in [5.74, 6) is 5.50. The van der Waals surface area contributed by atoms with E-state index in [1.54, 1.807) is 30.3 Å².